The van der Waals surface area contributed by atoms with E-state index in [0.29, 0.717) is 0 Å². The molecular weight excluding hydrogens is 186 g/mol. The molecule has 2 amide bonds. The van der Waals surface area contributed by atoms with Crippen LogP contribution in [0.25, 0.3) is 0 Å². The van der Waals surface area contributed by atoms with Gasteiger partial charge in [-0.3, -0.25) is 0 Å². The third kappa shape index (κ3) is 4.45. The van der Waals surface area contributed by atoms with Gasteiger partial charge in [0.2, 0.25) is 0 Å². The summed E-state index contributed by atoms with van der Waals surface area (Å²) in [5.41, 5.74) is 0. The Morgan fingerprint density at radius 2 is 1.54 bits per heavy atom. The van der Waals surface area contributed by atoms with Crippen LogP contribution < -0.4 is 0 Å². The van der Waals surface area contributed by atoms with E-state index < -0.39 is 31.5 Å². The van der Waals surface area contributed by atoms with Crippen molar-refractivity contribution >= 4 is 18.3 Å². The number of hydrogen-bond acceptors (Lipinski definition) is 4. The summed E-state index contributed by atoms with van der Waals surface area (Å²) in [6.45, 7) is -1.06. The lowest BCUT2D eigenvalue weighted by Crippen LogP contribution is -2.37. The van der Waals surface area contributed by atoms with Crippen LogP contribution in [0.3, 0.4) is 0 Å². The van der Waals surface area contributed by atoms with E-state index in [-0.39, 0.29) is 4.90 Å². The van der Waals surface area contributed by atoms with Crippen molar-refractivity contribution in [3.63, 3.8) is 0 Å². The summed E-state index contributed by atoms with van der Waals surface area (Å²) < 4.78 is 3.92. The summed E-state index contributed by atoms with van der Waals surface area (Å²) in [5, 5.41) is 24.5. The van der Waals surface area contributed by atoms with Crippen LogP contribution in [-0.4, -0.2) is 51.7 Å². The van der Waals surface area contributed by atoms with E-state index in [1.165, 1.54) is 0 Å². The van der Waals surface area contributed by atoms with E-state index in [2.05, 4.69) is 4.74 Å². The molecule has 0 bridgehead atoms. The molecule has 8 nitrogen and oxygen atoms in total. The van der Waals surface area contributed by atoms with Gasteiger partial charge in [-0.05, 0) is 0 Å². The predicted octanol–water partition coefficient (Wildman–Crippen LogP) is 0.339. The smallest absolute Gasteiger partial charge is 0.465 e. The van der Waals surface area contributed by atoms with Crippen LogP contribution in [0.15, 0.2) is 0 Å². The monoisotopic (exact) mass is 193 g/mol. The first kappa shape index (κ1) is 11.0. The van der Waals surface area contributed by atoms with E-state index in [1.807, 2.05) is 0 Å². The number of carbonyl (C=O) groups is 3. The largest absolute Gasteiger partial charge is 0.505 e. The lowest BCUT2D eigenvalue weighted by Gasteiger charge is -2.11. The summed E-state index contributed by atoms with van der Waals surface area (Å²) in [4.78, 5) is 30.1. The minimum Gasteiger partial charge on any atom is -0.465 e. The molecule has 0 aliphatic heterocycles. The van der Waals surface area contributed by atoms with Crippen molar-refractivity contribution in [2.45, 2.75) is 0 Å². The Hall–Kier alpha value is -1.99. The first-order valence-electron chi connectivity index (χ1n) is 3.04. The topological polar surface area (TPSA) is 124 Å². The van der Waals surface area contributed by atoms with E-state index in [1.54, 1.807) is 0 Å². The van der Waals surface area contributed by atoms with Gasteiger partial charge in [0.25, 0.3) is 0 Å². The quantitative estimate of drug-likeness (QED) is 0.551. The van der Waals surface area contributed by atoms with E-state index in [0.717, 1.165) is 0 Å². The summed E-state index contributed by atoms with van der Waals surface area (Å²) in [7, 11) is 0. The summed E-state index contributed by atoms with van der Waals surface area (Å²) in [6.07, 6.45) is -4.95. The van der Waals surface area contributed by atoms with Gasteiger partial charge in [-0.25, -0.2) is 19.3 Å². The number of rotatable bonds is 3. The first-order valence-corrected chi connectivity index (χ1v) is 3.04. The molecule has 0 heterocycles. The number of ether oxygens (including phenoxy) is 1. The molecule has 0 aromatic rings. The van der Waals surface area contributed by atoms with Crippen molar-refractivity contribution in [3.05, 3.63) is 0 Å². The van der Waals surface area contributed by atoms with Gasteiger partial charge >= 0.3 is 18.3 Å². The maximum atomic E-state index is 10.2. The average molecular weight is 193 g/mol. The minimum atomic E-state index is -1.68. The maximum absolute atomic E-state index is 10.2. The van der Waals surface area contributed by atoms with Crippen LogP contribution >= 0.6 is 0 Å². The molecule has 0 aliphatic rings. The molecule has 0 rings (SSSR count). The van der Waals surface area contributed by atoms with Gasteiger partial charge in [-0.15, -0.1) is 0 Å². The zero-order valence-corrected chi connectivity index (χ0v) is 6.34. The molecule has 13 heavy (non-hydrogen) atoms. The highest BCUT2D eigenvalue weighted by molar-refractivity contribution is 5.85. The average Bonchev–Trinajstić information content (AvgIpc) is 1.95. The van der Waals surface area contributed by atoms with Gasteiger partial charge in [-0.2, -0.15) is 0 Å². The minimum absolute atomic E-state index is 0.0168. The van der Waals surface area contributed by atoms with Gasteiger partial charge in [0.1, 0.15) is 6.61 Å². The number of nitrogens with zero attached hydrogens (tertiary/aromatic N) is 1. The van der Waals surface area contributed by atoms with E-state index >= 15 is 0 Å². The molecule has 0 aromatic carbocycles. The van der Waals surface area contributed by atoms with Crippen molar-refractivity contribution in [3.8, 4) is 0 Å². The Bertz CT molecular complexity index is 211. The summed E-state index contributed by atoms with van der Waals surface area (Å²) >= 11 is 0. The first-order chi connectivity index (χ1) is 5.95. The van der Waals surface area contributed by atoms with Crippen molar-refractivity contribution < 1.29 is 34.4 Å². The van der Waals surface area contributed by atoms with Gasteiger partial charge < -0.3 is 20.1 Å². The zero-order chi connectivity index (χ0) is 10.4. The Morgan fingerprint density at radius 3 is 1.85 bits per heavy atom. The van der Waals surface area contributed by atoms with Crippen LogP contribution in [0.5, 0.6) is 0 Å². The SMILES string of the molecule is O=C(O)OCCN(C(=O)O)C(=O)O. The van der Waals surface area contributed by atoms with E-state index in [9.17, 15) is 14.4 Å². The van der Waals surface area contributed by atoms with Crippen LogP contribution in [-0.2, 0) is 4.74 Å². The molecule has 0 aliphatic carbocycles. The molecule has 8 heteroatoms. The van der Waals surface area contributed by atoms with Gasteiger partial charge in [-0.1, -0.05) is 0 Å². The second-order valence-electron chi connectivity index (χ2n) is 1.83. The van der Waals surface area contributed by atoms with Crippen molar-refractivity contribution in [2.24, 2.45) is 0 Å². The molecule has 0 fully saturated rings. The number of imide groups is 1. The van der Waals surface area contributed by atoms with Crippen LogP contribution in [0.4, 0.5) is 14.4 Å². The van der Waals surface area contributed by atoms with Crippen LogP contribution in [0.2, 0.25) is 0 Å². The molecule has 0 saturated heterocycles. The highest BCUT2D eigenvalue weighted by Crippen LogP contribution is 1.91. The number of amides is 2. The van der Waals surface area contributed by atoms with Gasteiger partial charge in [0.05, 0.1) is 6.54 Å². The standard InChI is InChI=1S/C5H7NO7/c7-3(8)6(4(9)10)1-2-13-5(11)12/h1-2H2,(H,7,8)(H,9,10)(H,11,12). The molecule has 0 atom stereocenters. The Labute approximate surface area is 71.9 Å². The highest BCUT2D eigenvalue weighted by atomic mass is 16.7. The fraction of sp³-hybridized carbons (Fsp3) is 0.400. The zero-order valence-electron chi connectivity index (χ0n) is 6.34. The lowest BCUT2D eigenvalue weighted by atomic mass is 10.6. The fourth-order valence-electron chi connectivity index (χ4n) is 0.497. The second-order valence-corrected chi connectivity index (χ2v) is 1.83. The molecule has 0 radical (unpaired) electrons. The van der Waals surface area contributed by atoms with Crippen molar-refractivity contribution in [1.29, 1.82) is 0 Å². The molecule has 3 N–H and O–H groups in total. The second kappa shape index (κ2) is 4.80. The number of carboxylic acid groups (broad SMARTS) is 3. The highest BCUT2D eigenvalue weighted by Gasteiger charge is 2.19. The summed E-state index contributed by atoms with van der Waals surface area (Å²) in [5.74, 6) is 0. The molecule has 0 saturated carbocycles. The third-order valence-electron chi connectivity index (χ3n) is 1.00. The predicted molar refractivity (Wildman–Crippen MR) is 36.7 cm³/mol. The van der Waals surface area contributed by atoms with E-state index in [4.69, 9.17) is 15.3 Å². The van der Waals surface area contributed by atoms with Crippen LogP contribution in [0.1, 0.15) is 0 Å². The molecular formula is C5H7NO7. The molecule has 0 aromatic heterocycles. The Morgan fingerprint density at radius 1 is 1.08 bits per heavy atom. The van der Waals surface area contributed by atoms with Gasteiger partial charge in [0.15, 0.2) is 0 Å². The normalized spacial score (nSPS) is 8.92. The van der Waals surface area contributed by atoms with Gasteiger partial charge in [0, 0.05) is 0 Å². The van der Waals surface area contributed by atoms with Crippen molar-refractivity contribution in [2.75, 3.05) is 13.2 Å². The van der Waals surface area contributed by atoms with Crippen LogP contribution in [0, 0.1) is 0 Å². The third-order valence-corrected chi connectivity index (χ3v) is 1.00. The Kier molecular flexibility index (Phi) is 4.07. The summed E-state index contributed by atoms with van der Waals surface area (Å²) in [6, 6.07) is 0. The lowest BCUT2D eigenvalue weighted by molar-refractivity contribution is 0.0749. The Balaban J connectivity index is 3.91. The maximum Gasteiger partial charge on any atom is 0.505 e. The fourth-order valence-corrected chi connectivity index (χ4v) is 0.497. The van der Waals surface area contributed by atoms with Crippen molar-refractivity contribution in [1.82, 2.24) is 4.90 Å². The molecule has 0 unspecified atom stereocenters. The molecule has 74 valence electrons. The molecule has 0 spiro atoms. The number of hydrogen-bond donors (Lipinski definition) is 3.